The Labute approximate surface area is 326 Å². The molecule has 0 spiro atoms. The molecule has 0 atom stereocenters. The normalized spacial score (nSPS) is 11.9. The van der Waals surface area contributed by atoms with Gasteiger partial charge in [-0.15, -0.1) is 0 Å². The lowest BCUT2D eigenvalue weighted by atomic mass is 10.0. The second kappa shape index (κ2) is 12.3. The van der Waals surface area contributed by atoms with Gasteiger partial charge < -0.3 is 13.6 Å². The Kier molecular flexibility index (Phi) is 6.83. The van der Waals surface area contributed by atoms with Crippen LogP contribution in [-0.4, -0.2) is 24.1 Å². The Hall–Kier alpha value is -7.83. The largest absolute Gasteiger partial charge is 0.455 e. The third kappa shape index (κ3) is 4.81. The van der Waals surface area contributed by atoms with Gasteiger partial charge in [0.05, 0.1) is 38.5 Å². The smallest absolute Gasteiger partial charge is 0.164 e. The van der Waals surface area contributed by atoms with Crippen molar-refractivity contribution in [1.29, 1.82) is 0 Å². The van der Waals surface area contributed by atoms with Crippen LogP contribution in [0, 0.1) is 0 Å². The van der Waals surface area contributed by atoms with Gasteiger partial charge in [0, 0.05) is 43.9 Å². The molecule has 12 rings (SSSR count). The second-order valence-corrected chi connectivity index (χ2v) is 14.4. The molecule has 0 saturated carbocycles. The first-order valence-corrected chi connectivity index (χ1v) is 19.1. The van der Waals surface area contributed by atoms with Crippen LogP contribution in [0.25, 0.3) is 111 Å². The summed E-state index contributed by atoms with van der Waals surface area (Å²) < 4.78 is 11.7. The van der Waals surface area contributed by atoms with E-state index in [4.69, 9.17) is 19.4 Å². The molecule has 0 amide bonds. The summed E-state index contributed by atoms with van der Waals surface area (Å²) in [6.45, 7) is 0. The van der Waals surface area contributed by atoms with Gasteiger partial charge in [-0.1, -0.05) is 121 Å². The van der Waals surface area contributed by atoms with Crippen molar-refractivity contribution in [2.45, 2.75) is 0 Å². The minimum Gasteiger partial charge on any atom is -0.455 e. The van der Waals surface area contributed by atoms with E-state index in [1.54, 1.807) is 0 Å². The van der Waals surface area contributed by atoms with Gasteiger partial charge >= 0.3 is 0 Å². The summed E-state index contributed by atoms with van der Waals surface area (Å²) in [5, 5.41) is 6.68. The minimum absolute atomic E-state index is 0.607. The van der Waals surface area contributed by atoms with E-state index >= 15 is 0 Å². The molecule has 0 aliphatic carbocycles. The average Bonchev–Trinajstić information content (AvgIpc) is 3.95. The number of hydrogen-bond acceptors (Lipinski definition) is 4. The van der Waals surface area contributed by atoms with Gasteiger partial charge in [-0.3, -0.25) is 0 Å². The standard InChI is InChI=1S/C51H31N5O/c1-4-15-32(16-5-1)49-52-50(33-17-6-2-7-18-33)54-51(53-49)34-27-29-42-39(31-34)47-44(55(42)35-19-8-3-9-20-35)30-28-38-46-43(25-14-26-45(46)57-48(38)47)56-40-23-12-10-21-36(40)37-22-11-13-24-41(37)56/h1-31H. The number of benzene rings is 8. The van der Waals surface area contributed by atoms with Crippen LogP contribution in [0.1, 0.15) is 0 Å². The van der Waals surface area contributed by atoms with Gasteiger partial charge in [0.25, 0.3) is 0 Å². The number of aromatic nitrogens is 5. The number of furan rings is 1. The molecule has 57 heavy (non-hydrogen) atoms. The summed E-state index contributed by atoms with van der Waals surface area (Å²) in [4.78, 5) is 15.1. The Morgan fingerprint density at radius 3 is 1.54 bits per heavy atom. The molecule has 0 aliphatic heterocycles. The first-order valence-electron chi connectivity index (χ1n) is 19.1. The lowest BCUT2D eigenvalue weighted by Gasteiger charge is -2.10. The summed E-state index contributed by atoms with van der Waals surface area (Å²) in [6, 6.07) is 65.4. The van der Waals surface area contributed by atoms with Gasteiger partial charge in [0.1, 0.15) is 11.2 Å². The van der Waals surface area contributed by atoms with Crippen LogP contribution in [0.15, 0.2) is 192 Å². The van der Waals surface area contributed by atoms with Crippen molar-refractivity contribution < 1.29 is 4.42 Å². The van der Waals surface area contributed by atoms with Crippen LogP contribution in [0.3, 0.4) is 0 Å². The second-order valence-electron chi connectivity index (χ2n) is 14.4. The predicted octanol–water partition coefficient (Wildman–Crippen LogP) is 13.0. The molecule has 0 N–H and O–H groups in total. The average molecular weight is 730 g/mol. The highest BCUT2D eigenvalue weighted by molar-refractivity contribution is 6.25. The molecule has 0 unspecified atom stereocenters. The molecule has 0 fully saturated rings. The van der Waals surface area contributed by atoms with Crippen LogP contribution in [0.4, 0.5) is 0 Å². The lowest BCUT2D eigenvalue weighted by Crippen LogP contribution is -2.00. The maximum atomic E-state index is 7.02. The summed E-state index contributed by atoms with van der Waals surface area (Å²) in [6.07, 6.45) is 0. The maximum Gasteiger partial charge on any atom is 0.164 e. The minimum atomic E-state index is 0.607. The maximum absolute atomic E-state index is 7.02. The zero-order chi connectivity index (χ0) is 37.5. The van der Waals surface area contributed by atoms with Crippen molar-refractivity contribution in [3.05, 3.63) is 188 Å². The highest BCUT2D eigenvalue weighted by Gasteiger charge is 2.23. The number of hydrogen-bond donors (Lipinski definition) is 0. The van der Waals surface area contributed by atoms with Crippen LogP contribution in [-0.2, 0) is 0 Å². The molecular weight excluding hydrogens is 699 g/mol. The Balaban J connectivity index is 1.15. The van der Waals surface area contributed by atoms with E-state index < -0.39 is 0 Å². The highest BCUT2D eigenvalue weighted by atomic mass is 16.3. The van der Waals surface area contributed by atoms with Crippen LogP contribution in [0.2, 0.25) is 0 Å². The van der Waals surface area contributed by atoms with E-state index in [1.165, 1.54) is 10.8 Å². The Morgan fingerprint density at radius 2 is 0.895 bits per heavy atom. The molecule has 0 saturated heterocycles. The molecule has 266 valence electrons. The molecule has 0 aliphatic rings. The summed E-state index contributed by atoms with van der Waals surface area (Å²) >= 11 is 0. The van der Waals surface area contributed by atoms with Gasteiger partial charge in [-0.05, 0) is 66.7 Å². The monoisotopic (exact) mass is 729 g/mol. The van der Waals surface area contributed by atoms with Crippen molar-refractivity contribution in [3.63, 3.8) is 0 Å². The number of rotatable bonds is 5. The lowest BCUT2D eigenvalue weighted by molar-refractivity contribution is 0.673. The van der Waals surface area contributed by atoms with E-state index in [0.29, 0.717) is 17.5 Å². The summed E-state index contributed by atoms with van der Waals surface area (Å²) in [7, 11) is 0. The van der Waals surface area contributed by atoms with Crippen molar-refractivity contribution in [2.75, 3.05) is 0 Å². The number of fused-ring (bicyclic) bond motifs is 10. The number of nitrogens with zero attached hydrogens (tertiary/aromatic N) is 5. The molecule has 12 aromatic rings. The Morgan fingerprint density at radius 1 is 0.351 bits per heavy atom. The van der Waals surface area contributed by atoms with Gasteiger partial charge in [-0.2, -0.15) is 0 Å². The van der Waals surface area contributed by atoms with E-state index in [-0.39, 0.29) is 0 Å². The third-order valence-electron chi connectivity index (χ3n) is 11.2. The van der Waals surface area contributed by atoms with Crippen molar-refractivity contribution in [1.82, 2.24) is 24.1 Å². The van der Waals surface area contributed by atoms with E-state index in [2.05, 4.69) is 137 Å². The first-order chi connectivity index (χ1) is 28.3. The van der Waals surface area contributed by atoms with Crippen molar-refractivity contribution >= 4 is 65.6 Å². The zero-order valence-electron chi connectivity index (χ0n) is 30.5. The quantitative estimate of drug-likeness (QED) is 0.177. The zero-order valence-corrected chi connectivity index (χ0v) is 30.5. The fourth-order valence-corrected chi connectivity index (χ4v) is 8.67. The van der Waals surface area contributed by atoms with E-state index in [0.717, 1.165) is 82.8 Å². The topological polar surface area (TPSA) is 61.7 Å². The number of para-hydroxylation sites is 3. The molecule has 0 radical (unpaired) electrons. The molecule has 4 aromatic heterocycles. The third-order valence-corrected chi connectivity index (χ3v) is 11.2. The van der Waals surface area contributed by atoms with Gasteiger partial charge in [0.2, 0.25) is 0 Å². The van der Waals surface area contributed by atoms with Crippen molar-refractivity contribution in [3.8, 4) is 45.5 Å². The summed E-state index contributed by atoms with van der Waals surface area (Å²) in [5.41, 5.74) is 11.1. The molecular formula is C51H31N5O. The van der Waals surface area contributed by atoms with Crippen LogP contribution >= 0.6 is 0 Å². The van der Waals surface area contributed by atoms with Crippen LogP contribution in [0.5, 0.6) is 0 Å². The fraction of sp³-hybridized carbons (Fsp3) is 0. The first kappa shape index (κ1) is 31.5. The molecule has 6 nitrogen and oxygen atoms in total. The van der Waals surface area contributed by atoms with E-state index in [1.807, 2.05) is 60.7 Å². The van der Waals surface area contributed by atoms with Gasteiger partial charge in [0.15, 0.2) is 17.5 Å². The van der Waals surface area contributed by atoms with Crippen LogP contribution < -0.4 is 0 Å². The van der Waals surface area contributed by atoms with Gasteiger partial charge in [-0.25, -0.2) is 15.0 Å². The molecule has 8 aromatic carbocycles. The molecule has 0 bridgehead atoms. The SMILES string of the molecule is c1ccc(-c2nc(-c3ccccc3)nc(-c3ccc4c(c3)c3c5oc6cccc(-n7c8ccccc8c8ccccc87)c6c5ccc3n4-c3ccccc3)n2)cc1. The Bertz CT molecular complexity index is 3400. The fourth-order valence-electron chi connectivity index (χ4n) is 8.67. The predicted molar refractivity (Wildman–Crippen MR) is 232 cm³/mol. The van der Waals surface area contributed by atoms with Crippen molar-refractivity contribution in [2.24, 2.45) is 0 Å². The molecule has 6 heteroatoms. The van der Waals surface area contributed by atoms with E-state index in [9.17, 15) is 0 Å². The highest BCUT2D eigenvalue weighted by Crippen LogP contribution is 2.44. The molecule has 4 heterocycles. The summed E-state index contributed by atoms with van der Waals surface area (Å²) in [5.74, 6) is 1.86.